The molecule has 0 bridgehead atoms. The molecule has 0 spiro atoms. The lowest BCUT2D eigenvalue weighted by atomic mass is 9.96. The minimum absolute atomic E-state index is 0.0289. The van der Waals surface area contributed by atoms with E-state index in [1.165, 1.54) is 0 Å². The molecule has 0 unspecified atom stereocenters. The molecule has 0 atom stereocenters. The third-order valence-electron chi connectivity index (χ3n) is 3.37. The number of carbonyl (C=O) groups is 1. The molecule has 2 heterocycles. The van der Waals surface area contributed by atoms with Crippen molar-refractivity contribution >= 4 is 5.91 Å². The van der Waals surface area contributed by atoms with Crippen molar-refractivity contribution in [3.8, 4) is 0 Å². The molecule has 1 aliphatic rings. The van der Waals surface area contributed by atoms with Crippen LogP contribution in [0.4, 0.5) is 0 Å². The van der Waals surface area contributed by atoms with E-state index in [-0.39, 0.29) is 17.5 Å². The molecule has 17 heavy (non-hydrogen) atoms. The number of aromatic amines is 1. The average molecular weight is 238 g/mol. The summed E-state index contributed by atoms with van der Waals surface area (Å²) in [6.45, 7) is 3.28. The maximum Gasteiger partial charge on any atom is 0.325 e. The molecule has 1 fully saturated rings. The summed E-state index contributed by atoms with van der Waals surface area (Å²) < 4.78 is 1.65. The molecule has 0 saturated carbocycles. The van der Waals surface area contributed by atoms with Gasteiger partial charge in [0, 0.05) is 31.4 Å². The second-order valence-electron chi connectivity index (χ2n) is 4.48. The van der Waals surface area contributed by atoms with E-state index >= 15 is 0 Å². The molecular formula is C11H18N4O2. The molecule has 2 rings (SSSR count). The predicted molar refractivity (Wildman–Crippen MR) is 63.4 cm³/mol. The summed E-state index contributed by atoms with van der Waals surface area (Å²) >= 11 is 0. The molecule has 6 nitrogen and oxygen atoms in total. The van der Waals surface area contributed by atoms with E-state index in [2.05, 4.69) is 9.88 Å². The van der Waals surface area contributed by atoms with E-state index in [0.717, 1.165) is 32.5 Å². The van der Waals surface area contributed by atoms with Crippen molar-refractivity contribution < 1.29 is 4.79 Å². The third-order valence-corrected chi connectivity index (χ3v) is 3.37. The lowest BCUT2D eigenvalue weighted by molar-refractivity contribution is -0.123. The minimum atomic E-state index is -0.188. The summed E-state index contributed by atoms with van der Waals surface area (Å²) in [5.74, 6) is -0.160. The molecule has 1 aromatic heterocycles. The lowest BCUT2D eigenvalue weighted by Crippen LogP contribution is -2.40. The van der Waals surface area contributed by atoms with E-state index < -0.39 is 0 Å². The van der Waals surface area contributed by atoms with Crippen molar-refractivity contribution in [1.82, 2.24) is 14.5 Å². The first-order chi connectivity index (χ1) is 8.16. The minimum Gasteiger partial charge on any atom is -0.369 e. The average Bonchev–Trinajstić information content (AvgIpc) is 2.73. The Morgan fingerprint density at radius 3 is 2.65 bits per heavy atom. The van der Waals surface area contributed by atoms with Crippen molar-refractivity contribution in [3.05, 3.63) is 22.9 Å². The zero-order valence-electron chi connectivity index (χ0n) is 9.76. The van der Waals surface area contributed by atoms with Crippen LogP contribution >= 0.6 is 0 Å². The van der Waals surface area contributed by atoms with Gasteiger partial charge in [-0.05, 0) is 25.9 Å². The highest BCUT2D eigenvalue weighted by Crippen LogP contribution is 2.16. The highest BCUT2D eigenvalue weighted by Gasteiger charge is 2.22. The van der Waals surface area contributed by atoms with Crippen LogP contribution in [0, 0.1) is 5.92 Å². The number of imidazole rings is 1. The molecule has 0 radical (unpaired) electrons. The topological polar surface area (TPSA) is 84.1 Å². The van der Waals surface area contributed by atoms with Crippen LogP contribution in [-0.2, 0) is 11.3 Å². The molecule has 0 aromatic carbocycles. The first-order valence-electron chi connectivity index (χ1n) is 5.92. The van der Waals surface area contributed by atoms with Crippen molar-refractivity contribution in [2.75, 3.05) is 19.6 Å². The molecule has 0 aliphatic carbocycles. The fourth-order valence-electron chi connectivity index (χ4n) is 2.22. The second kappa shape index (κ2) is 5.18. The number of nitrogens with zero attached hydrogens (tertiary/aromatic N) is 2. The summed E-state index contributed by atoms with van der Waals surface area (Å²) in [5.41, 5.74) is 5.20. The van der Waals surface area contributed by atoms with Crippen molar-refractivity contribution in [2.45, 2.75) is 19.4 Å². The standard InChI is InChI=1S/C11H18N4O2/c12-10(16)9-1-4-14(5-2-9)7-8-15-6-3-13-11(15)17/h3,6,9H,1-2,4-5,7-8H2,(H2,12,16)(H,13,17). The number of piperidine rings is 1. The number of amides is 1. The first-order valence-corrected chi connectivity index (χ1v) is 5.92. The number of aromatic nitrogens is 2. The Morgan fingerprint density at radius 2 is 2.12 bits per heavy atom. The number of primary amides is 1. The summed E-state index contributed by atoms with van der Waals surface area (Å²) in [7, 11) is 0. The van der Waals surface area contributed by atoms with Gasteiger partial charge in [0.1, 0.15) is 0 Å². The molecule has 1 saturated heterocycles. The Bertz CT molecular complexity index is 429. The van der Waals surface area contributed by atoms with Crippen LogP contribution in [0.3, 0.4) is 0 Å². The fourth-order valence-corrected chi connectivity index (χ4v) is 2.22. The number of nitrogens with two attached hydrogens (primary N) is 1. The van der Waals surface area contributed by atoms with E-state index in [9.17, 15) is 9.59 Å². The smallest absolute Gasteiger partial charge is 0.325 e. The summed E-state index contributed by atoms with van der Waals surface area (Å²) in [5, 5.41) is 0. The Kier molecular flexibility index (Phi) is 3.63. The van der Waals surface area contributed by atoms with Crippen molar-refractivity contribution in [2.24, 2.45) is 11.7 Å². The highest BCUT2D eigenvalue weighted by molar-refractivity contribution is 5.76. The monoisotopic (exact) mass is 238 g/mol. The van der Waals surface area contributed by atoms with E-state index in [4.69, 9.17) is 5.73 Å². The van der Waals surface area contributed by atoms with Gasteiger partial charge in [0.05, 0.1) is 0 Å². The van der Waals surface area contributed by atoms with Crippen molar-refractivity contribution in [3.63, 3.8) is 0 Å². The van der Waals surface area contributed by atoms with Crippen LogP contribution in [0.1, 0.15) is 12.8 Å². The van der Waals surface area contributed by atoms with E-state index in [1.54, 1.807) is 17.0 Å². The Morgan fingerprint density at radius 1 is 1.41 bits per heavy atom. The lowest BCUT2D eigenvalue weighted by Gasteiger charge is -2.30. The molecule has 3 N–H and O–H groups in total. The van der Waals surface area contributed by atoms with Crippen LogP contribution in [0.5, 0.6) is 0 Å². The number of rotatable bonds is 4. The van der Waals surface area contributed by atoms with Crippen LogP contribution < -0.4 is 11.4 Å². The zero-order valence-corrected chi connectivity index (χ0v) is 9.76. The summed E-state index contributed by atoms with van der Waals surface area (Å²) in [4.78, 5) is 27.1. The molecule has 1 aromatic rings. The second-order valence-corrected chi connectivity index (χ2v) is 4.48. The van der Waals surface area contributed by atoms with Gasteiger partial charge in [-0.15, -0.1) is 0 Å². The maximum absolute atomic E-state index is 11.3. The van der Waals surface area contributed by atoms with Gasteiger partial charge < -0.3 is 15.6 Å². The van der Waals surface area contributed by atoms with Gasteiger partial charge >= 0.3 is 5.69 Å². The van der Waals surface area contributed by atoms with Crippen LogP contribution in [0.25, 0.3) is 0 Å². The zero-order chi connectivity index (χ0) is 12.3. The number of nitrogens with one attached hydrogen (secondary N) is 1. The molecular weight excluding hydrogens is 220 g/mol. The maximum atomic E-state index is 11.3. The largest absolute Gasteiger partial charge is 0.369 e. The molecule has 6 heteroatoms. The third kappa shape index (κ3) is 2.97. The summed E-state index contributed by atoms with van der Waals surface area (Å²) in [6.07, 6.45) is 5.05. The van der Waals surface area contributed by atoms with Crippen molar-refractivity contribution in [1.29, 1.82) is 0 Å². The Hall–Kier alpha value is -1.56. The number of carbonyl (C=O) groups excluding carboxylic acids is 1. The Balaban J connectivity index is 1.77. The number of H-pyrrole nitrogens is 1. The van der Waals surface area contributed by atoms with Gasteiger partial charge in [-0.1, -0.05) is 0 Å². The number of hydrogen-bond donors (Lipinski definition) is 2. The number of hydrogen-bond acceptors (Lipinski definition) is 3. The Labute approximate surface area is 99.4 Å². The molecule has 1 aliphatic heterocycles. The fraction of sp³-hybridized carbons (Fsp3) is 0.636. The summed E-state index contributed by atoms with van der Waals surface area (Å²) in [6, 6.07) is 0. The number of likely N-dealkylation sites (tertiary alicyclic amines) is 1. The molecule has 1 amide bonds. The first kappa shape index (κ1) is 11.9. The van der Waals surface area contributed by atoms with Crippen LogP contribution in [0.2, 0.25) is 0 Å². The van der Waals surface area contributed by atoms with Gasteiger partial charge in [0.15, 0.2) is 0 Å². The van der Waals surface area contributed by atoms with Gasteiger partial charge in [-0.2, -0.15) is 0 Å². The van der Waals surface area contributed by atoms with Crippen LogP contribution in [0.15, 0.2) is 17.2 Å². The highest BCUT2D eigenvalue weighted by atomic mass is 16.1. The van der Waals surface area contributed by atoms with E-state index in [1.807, 2.05) is 0 Å². The quantitative estimate of drug-likeness (QED) is 0.732. The van der Waals surface area contributed by atoms with Gasteiger partial charge in [-0.25, -0.2) is 4.79 Å². The van der Waals surface area contributed by atoms with Gasteiger partial charge in [-0.3, -0.25) is 9.36 Å². The normalized spacial score (nSPS) is 18.4. The SMILES string of the molecule is NC(=O)C1CCN(CCn2cc[nH]c2=O)CC1. The van der Waals surface area contributed by atoms with E-state index in [0.29, 0.717) is 6.54 Å². The van der Waals surface area contributed by atoms with Gasteiger partial charge in [0.25, 0.3) is 0 Å². The molecule has 94 valence electrons. The van der Waals surface area contributed by atoms with Gasteiger partial charge in [0.2, 0.25) is 5.91 Å². The van der Waals surface area contributed by atoms with Crippen LogP contribution in [-0.4, -0.2) is 40.0 Å². The predicted octanol–water partition coefficient (Wildman–Crippen LogP) is -0.626.